The summed E-state index contributed by atoms with van der Waals surface area (Å²) in [6.45, 7) is 4.24. The Bertz CT molecular complexity index is 1470. The molecule has 0 bridgehead atoms. The normalized spacial score (nSPS) is 16.7. The van der Waals surface area contributed by atoms with Gasteiger partial charge in [0, 0.05) is 41.8 Å². The molecule has 1 aliphatic heterocycles. The number of methoxy groups -OCH3 is 2. The average Bonchev–Trinajstić information content (AvgIpc) is 3.44. The maximum Gasteiger partial charge on any atom is 0.250 e. The highest BCUT2D eigenvalue weighted by atomic mass is 32.1. The van der Waals surface area contributed by atoms with E-state index in [1.54, 1.807) is 13.3 Å². The van der Waals surface area contributed by atoms with Gasteiger partial charge in [-0.3, -0.25) is 9.78 Å². The van der Waals surface area contributed by atoms with Crippen molar-refractivity contribution in [3.05, 3.63) is 102 Å². The van der Waals surface area contributed by atoms with E-state index < -0.39 is 0 Å². The van der Waals surface area contributed by atoms with Gasteiger partial charge >= 0.3 is 0 Å². The maximum atomic E-state index is 12.0. The predicted molar refractivity (Wildman–Crippen MR) is 157 cm³/mol. The highest BCUT2D eigenvalue weighted by Crippen LogP contribution is 2.44. The Morgan fingerprint density at radius 2 is 1.74 bits per heavy atom. The number of ether oxygens (including phenoxy) is 2. The molecule has 0 aliphatic carbocycles. The standard InChI is InChI=1S/C30H31N5O3S/c1-19-17-25(20(2)34(19)22-12-14-24(38-4)15-13-22)29-28(26-7-5-6-16-31-26)33-30(39)35(29)23-10-8-21(9-11-23)32-27(36)18-37-3/h5-17,28-29H,18H2,1-4H3,(H,32,36)(H,33,39)/t28-,29-/m0/s1. The zero-order chi connectivity index (χ0) is 27.5. The van der Waals surface area contributed by atoms with Gasteiger partial charge in [-0.15, -0.1) is 0 Å². The Hall–Kier alpha value is -4.21. The number of aromatic nitrogens is 2. The van der Waals surface area contributed by atoms with E-state index in [1.807, 2.05) is 54.6 Å². The van der Waals surface area contributed by atoms with Crippen molar-refractivity contribution in [2.75, 3.05) is 31.0 Å². The van der Waals surface area contributed by atoms with Gasteiger partial charge in [0.25, 0.3) is 0 Å². The molecule has 8 nitrogen and oxygen atoms in total. The molecule has 1 amide bonds. The van der Waals surface area contributed by atoms with Crippen molar-refractivity contribution in [2.24, 2.45) is 0 Å². The number of hydrogen-bond acceptors (Lipinski definition) is 5. The van der Waals surface area contributed by atoms with E-state index in [2.05, 4.69) is 57.1 Å². The molecule has 2 atom stereocenters. The Labute approximate surface area is 233 Å². The van der Waals surface area contributed by atoms with Crippen LogP contribution in [0.3, 0.4) is 0 Å². The fraction of sp³-hybridized carbons (Fsp3) is 0.233. The molecule has 4 aromatic rings. The van der Waals surface area contributed by atoms with Crippen LogP contribution in [0, 0.1) is 13.8 Å². The van der Waals surface area contributed by atoms with Gasteiger partial charge in [0.2, 0.25) is 5.91 Å². The zero-order valence-corrected chi connectivity index (χ0v) is 23.2. The van der Waals surface area contributed by atoms with Gasteiger partial charge in [-0.2, -0.15) is 0 Å². The first-order valence-corrected chi connectivity index (χ1v) is 13.0. The second kappa shape index (κ2) is 11.3. The molecule has 0 radical (unpaired) electrons. The molecule has 5 rings (SSSR count). The smallest absolute Gasteiger partial charge is 0.250 e. The Kier molecular flexibility index (Phi) is 7.63. The minimum atomic E-state index is -0.206. The Balaban J connectivity index is 1.57. The lowest BCUT2D eigenvalue weighted by molar-refractivity contribution is -0.119. The topological polar surface area (TPSA) is 80.7 Å². The van der Waals surface area contributed by atoms with E-state index >= 15 is 0 Å². The van der Waals surface area contributed by atoms with Crippen LogP contribution in [0.2, 0.25) is 0 Å². The monoisotopic (exact) mass is 541 g/mol. The first-order chi connectivity index (χ1) is 18.9. The molecule has 0 saturated carbocycles. The molecule has 3 heterocycles. The van der Waals surface area contributed by atoms with Crippen LogP contribution in [0.5, 0.6) is 5.75 Å². The lowest BCUT2D eigenvalue weighted by Crippen LogP contribution is -2.29. The Morgan fingerprint density at radius 1 is 1.03 bits per heavy atom. The predicted octanol–water partition coefficient (Wildman–Crippen LogP) is 5.26. The van der Waals surface area contributed by atoms with E-state index in [0.29, 0.717) is 10.8 Å². The van der Waals surface area contributed by atoms with Crippen LogP contribution in [0.15, 0.2) is 79.0 Å². The highest BCUT2D eigenvalue weighted by molar-refractivity contribution is 7.80. The molecule has 2 aromatic carbocycles. The van der Waals surface area contributed by atoms with Crippen molar-refractivity contribution >= 4 is 34.6 Å². The van der Waals surface area contributed by atoms with Crippen LogP contribution in [-0.2, 0) is 9.53 Å². The average molecular weight is 542 g/mol. The van der Waals surface area contributed by atoms with Crippen molar-refractivity contribution in [3.63, 3.8) is 0 Å². The van der Waals surface area contributed by atoms with Gasteiger partial charge in [-0.25, -0.2) is 0 Å². The highest BCUT2D eigenvalue weighted by Gasteiger charge is 2.42. The van der Waals surface area contributed by atoms with Crippen molar-refractivity contribution in [1.82, 2.24) is 14.9 Å². The molecule has 0 spiro atoms. The number of amides is 1. The molecule has 1 fully saturated rings. The first kappa shape index (κ1) is 26.4. The number of hydrogen-bond donors (Lipinski definition) is 2. The quantitative estimate of drug-likeness (QED) is 0.295. The number of thiocarbonyl (C=S) groups is 1. The molecular weight excluding hydrogens is 510 g/mol. The summed E-state index contributed by atoms with van der Waals surface area (Å²) in [7, 11) is 3.16. The van der Waals surface area contributed by atoms with E-state index in [1.165, 1.54) is 7.11 Å². The van der Waals surface area contributed by atoms with Crippen LogP contribution in [-0.4, -0.2) is 41.4 Å². The van der Waals surface area contributed by atoms with Crippen LogP contribution in [0.1, 0.15) is 34.7 Å². The van der Waals surface area contributed by atoms with Crippen LogP contribution in [0.25, 0.3) is 5.69 Å². The van der Waals surface area contributed by atoms with Crippen LogP contribution >= 0.6 is 12.2 Å². The number of nitrogens with one attached hydrogen (secondary N) is 2. The lowest BCUT2D eigenvalue weighted by atomic mass is 9.96. The number of benzene rings is 2. The van der Waals surface area contributed by atoms with E-state index in [4.69, 9.17) is 21.7 Å². The number of carbonyl (C=O) groups excluding carboxylic acids is 1. The molecule has 2 N–H and O–H groups in total. The summed E-state index contributed by atoms with van der Waals surface area (Å²) in [6.07, 6.45) is 1.80. The zero-order valence-electron chi connectivity index (χ0n) is 22.3. The van der Waals surface area contributed by atoms with Crippen molar-refractivity contribution in [1.29, 1.82) is 0 Å². The van der Waals surface area contributed by atoms with Gasteiger partial charge in [0.15, 0.2) is 5.11 Å². The van der Waals surface area contributed by atoms with E-state index in [0.717, 1.165) is 39.8 Å². The second-order valence-corrected chi connectivity index (χ2v) is 9.77. The molecule has 9 heteroatoms. The summed E-state index contributed by atoms with van der Waals surface area (Å²) in [4.78, 5) is 18.8. The summed E-state index contributed by atoms with van der Waals surface area (Å²) in [5.74, 6) is 0.609. The van der Waals surface area contributed by atoms with Gasteiger partial charge in [-0.05, 0) is 98.4 Å². The van der Waals surface area contributed by atoms with Crippen molar-refractivity contribution in [2.45, 2.75) is 25.9 Å². The second-order valence-electron chi connectivity index (χ2n) is 9.38. The number of aryl methyl sites for hydroxylation is 1. The molecule has 39 heavy (non-hydrogen) atoms. The largest absolute Gasteiger partial charge is 0.497 e. The summed E-state index contributed by atoms with van der Waals surface area (Å²) in [5, 5.41) is 6.98. The fourth-order valence-electron chi connectivity index (χ4n) is 5.20. The minimum Gasteiger partial charge on any atom is -0.497 e. The summed E-state index contributed by atoms with van der Waals surface area (Å²) in [5.41, 5.74) is 6.94. The minimum absolute atomic E-state index is 0.000471. The third kappa shape index (κ3) is 5.23. The molecule has 200 valence electrons. The van der Waals surface area contributed by atoms with Gasteiger partial charge in [-0.1, -0.05) is 6.07 Å². The number of pyridine rings is 1. The third-order valence-electron chi connectivity index (χ3n) is 6.92. The third-order valence-corrected chi connectivity index (χ3v) is 7.24. The molecule has 1 saturated heterocycles. The SMILES string of the molecule is COCC(=O)Nc1ccc(N2C(=S)N[C@@H](c3ccccn3)[C@@H]2c2cc(C)n(-c3ccc(OC)cc3)c2C)cc1. The van der Waals surface area contributed by atoms with Crippen molar-refractivity contribution < 1.29 is 14.3 Å². The Morgan fingerprint density at radius 3 is 2.38 bits per heavy atom. The van der Waals surface area contributed by atoms with E-state index in [-0.39, 0.29) is 24.6 Å². The maximum absolute atomic E-state index is 12.0. The number of carbonyl (C=O) groups is 1. The lowest BCUT2D eigenvalue weighted by Gasteiger charge is -2.28. The first-order valence-electron chi connectivity index (χ1n) is 12.6. The summed E-state index contributed by atoms with van der Waals surface area (Å²) < 4.78 is 12.5. The fourth-order valence-corrected chi connectivity index (χ4v) is 5.54. The van der Waals surface area contributed by atoms with Gasteiger partial charge in [0.1, 0.15) is 12.4 Å². The number of anilines is 2. The number of nitrogens with zero attached hydrogens (tertiary/aromatic N) is 3. The van der Waals surface area contributed by atoms with Crippen molar-refractivity contribution in [3.8, 4) is 11.4 Å². The van der Waals surface area contributed by atoms with Gasteiger partial charge in [0.05, 0.1) is 24.9 Å². The van der Waals surface area contributed by atoms with Crippen LogP contribution in [0.4, 0.5) is 11.4 Å². The molecule has 1 aliphatic rings. The van der Waals surface area contributed by atoms with Crippen LogP contribution < -0.4 is 20.3 Å². The summed E-state index contributed by atoms with van der Waals surface area (Å²) in [6, 6.07) is 23.6. The molecule has 0 unspecified atom stereocenters. The summed E-state index contributed by atoms with van der Waals surface area (Å²) >= 11 is 5.90. The van der Waals surface area contributed by atoms with E-state index in [9.17, 15) is 4.79 Å². The number of rotatable bonds is 8. The molecule has 2 aromatic heterocycles. The van der Waals surface area contributed by atoms with Gasteiger partial charge < -0.3 is 29.6 Å². The molecular formula is C30H31N5O3S.